The number of aryl methyl sites for hydroxylation is 3. The van der Waals surface area contributed by atoms with Gasteiger partial charge >= 0.3 is 0 Å². The van der Waals surface area contributed by atoms with Crippen LogP contribution in [0.25, 0.3) is 10.9 Å². The van der Waals surface area contributed by atoms with Crippen molar-refractivity contribution in [2.75, 3.05) is 13.6 Å². The second kappa shape index (κ2) is 6.27. The molecule has 0 fully saturated rings. The van der Waals surface area contributed by atoms with E-state index in [1.807, 2.05) is 6.07 Å². The normalized spacial score (nSPS) is 15.0. The molecule has 1 aliphatic heterocycles. The van der Waals surface area contributed by atoms with Crippen molar-refractivity contribution in [2.45, 2.75) is 32.9 Å². The maximum atomic E-state index is 6.27. The first-order valence-corrected chi connectivity index (χ1v) is 9.03. The van der Waals surface area contributed by atoms with Crippen LogP contribution in [0.1, 0.15) is 22.4 Å². The number of benzene rings is 2. The summed E-state index contributed by atoms with van der Waals surface area (Å²) in [6.07, 6.45) is 2.18. The van der Waals surface area contributed by atoms with Crippen molar-refractivity contribution in [3.63, 3.8) is 0 Å². The summed E-state index contributed by atoms with van der Waals surface area (Å²) in [6, 6.07) is 15.2. The second-order valence-corrected chi connectivity index (χ2v) is 7.40. The van der Waals surface area contributed by atoms with Crippen molar-refractivity contribution in [1.29, 1.82) is 0 Å². The molecule has 4 rings (SSSR count). The van der Waals surface area contributed by atoms with Crippen LogP contribution in [-0.4, -0.2) is 23.1 Å². The van der Waals surface area contributed by atoms with Crippen molar-refractivity contribution in [2.24, 2.45) is 0 Å². The molecule has 0 bridgehead atoms. The maximum absolute atomic E-state index is 6.27. The Morgan fingerprint density at radius 3 is 2.67 bits per heavy atom. The molecule has 2 aromatic carbocycles. The van der Waals surface area contributed by atoms with Gasteiger partial charge in [-0.2, -0.15) is 0 Å². The largest absolute Gasteiger partial charge is 0.344 e. The summed E-state index contributed by atoms with van der Waals surface area (Å²) in [7, 11) is 2.20. The van der Waals surface area contributed by atoms with E-state index in [9.17, 15) is 0 Å². The maximum Gasteiger partial charge on any atom is 0.0487 e. The summed E-state index contributed by atoms with van der Waals surface area (Å²) in [5.74, 6) is 0. The fourth-order valence-electron chi connectivity index (χ4n) is 3.81. The fourth-order valence-corrected chi connectivity index (χ4v) is 3.98. The predicted octanol–water partition coefficient (Wildman–Crippen LogP) is 4.83. The number of hydrogen-bond acceptors (Lipinski definition) is 1. The highest BCUT2D eigenvalue weighted by Gasteiger charge is 2.22. The lowest BCUT2D eigenvalue weighted by Gasteiger charge is -2.24. The Labute approximate surface area is 148 Å². The topological polar surface area (TPSA) is 8.17 Å². The number of nitrogens with zero attached hydrogens (tertiary/aromatic N) is 2. The molecule has 0 spiro atoms. The third-order valence-electron chi connectivity index (χ3n) is 5.15. The van der Waals surface area contributed by atoms with Crippen LogP contribution in [0.4, 0.5) is 0 Å². The molecule has 124 valence electrons. The van der Waals surface area contributed by atoms with E-state index in [0.717, 1.165) is 37.5 Å². The van der Waals surface area contributed by atoms with Crippen molar-refractivity contribution < 1.29 is 0 Å². The molecule has 3 aromatic rings. The molecule has 0 unspecified atom stereocenters. The summed E-state index contributed by atoms with van der Waals surface area (Å²) < 4.78 is 2.52. The van der Waals surface area contributed by atoms with Gasteiger partial charge in [0.2, 0.25) is 0 Å². The lowest BCUT2D eigenvalue weighted by molar-refractivity contribution is 0.309. The first-order valence-electron chi connectivity index (χ1n) is 8.65. The molecule has 0 aliphatic carbocycles. The number of aromatic nitrogens is 1. The van der Waals surface area contributed by atoms with Gasteiger partial charge in [-0.15, -0.1) is 0 Å². The minimum absolute atomic E-state index is 0.828. The van der Waals surface area contributed by atoms with Gasteiger partial charge in [0.25, 0.3) is 0 Å². The molecular formula is C21H23ClN2. The molecule has 0 saturated carbocycles. The van der Waals surface area contributed by atoms with Crippen LogP contribution in [0, 0.1) is 6.92 Å². The van der Waals surface area contributed by atoms with E-state index in [1.165, 1.54) is 33.3 Å². The molecule has 2 nitrogen and oxygen atoms in total. The predicted molar refractivity (Wildman–Crippen MR) is 102 cm³/mol. The molecule has 1 aliphatic rings. The van der Waals surface area contributed by atoms with E-state index in [1.54, 1.807) is 0 Å². The molecule has 1 aromatic heterocycles. The molecule has 0 radical (unpaired) electrons. The van der Waals surface area contributed by atoms with Gasteiger partial charge in [-0.3, -0.25) is 0 Å². The molecule has 24 heavy (non-hydrogen) atoms. The Kier molecular flexibility index (Phi) is 4.11. The third-order valence-corrected chi connectivity index (χ3v) is 5.39. The highest BCUT2D eigenvalue weighted by atomic mass is 35.5. The van der Waals surface area contributed by atoms with E-state index < -0.39 is 0 Å². The summed E-state index contributed by atoms with van der Waals surface area (Å²) in [5, 5.41) is 2.15. The van der Waals surface area contributed by atoms with E-state index in [4.69, 9.17) is 11.6 Å². The van der Waals surface area contributed by atoms with Gasteiger partial charge in [0.1, 0.15) is 0 Å². The highest BCUT2D eigenvalue weighted by Crippen LogP contribution is 2.32. The second-order valence-electron chi connectivity index (χ2n) is 6.96. The first kappa shape index (κ1) is 15.7. The highest BCUT2D eigenvalue weighted by molar-refractivity contribution is 6.31. The van der Waals surface area contributed by atoms with Gasteiger partial charge in [0.15, 0.2) is 0 Å². The number of rotatable bonds is 3. The van der Waals surface area contributed by atoms with Crippen LogP contribution in [-0.2, 0) is 25.9 Å². The van der Waals surface area contributed by atoms with Crippen molar-refractivity contribution in [3.05, 3.63) is 69.9 Å². The monoisotopic (exact) mass is 338 g/mol. The lowest BCUT2D eigenvalue weighted by Crippen LogP contribution is -2.27. The van der Waals surface area contributed by atoms with Crippen molar-refractivity contribution in [3.8, 4) is 0 Å². The smallest absolute Gasteiger partial charge is 0.0487 e. The van der Waals surface area contributed by atoms with E-state index in [2.05, 4.69) is 59.8 Å². The Hall–Kier alpha value is -1.77. The van der Waals surface area contributed by atoms with Gasteiger partial charge in [-0.25, -0.2) is 0 Å². The number of hydrogen-bond donors (Lipinski definition) is 0. The molecule has 0 N–H and O–H groups in total. The third kappa shape index (κ3) is 2.85. The zero-order valence-electron chi connectivity index (χ0n) is 14.3. The van der Waals surface area contributed by atoms with Crippen molar-refractivity contribution >= 4 is 22.5 Å². The van der Waals surface area contributed by atoms with Crippen LogP contribution >= 0.6 is 11.6 Å². The quantitative estimate of drug-likeness (QED) is 0.663. The van der Waals surface area contributed by atoms with Gasteiger partial charge < -0.3 is 9.47 Å². The fraction of sp³-hybridized carbons (Fsp3) is 0.333. The van der Waals surface area contributed by atoms with Gasteiger partial charge in [0, 0.05) is 47.7 Å². The van der Waals surface area contributed by atoms with Crippen molar-refractivity contribution in [1.82, 2.24) is 9.47 Å². The molecule has 0 atom stereocenters. The van der Waals surface area contributed by atoms with Crippen LogP contribution in [0.5, 0.6) is 0 Å². The summed E-state index contributed by atoms with van der Waals surface area (Å²) in [6.45, 7) is 5.31. The average molecular weight is 339 g/mol. The summed E-state index contributed by atoms with van der Waals surface area (Å²) >= 11 is 6.27. The Bertz CT molecular complexity index is 877. The van der Waals surface area contributed by atoms with Crippen LogP contribution in [0.15, 0.2) is 42.5 Å². The van der Waals surface area contributed by atoms with Crippen LogP contribution in [0.2, 0.25) is 5.02 Å². The van der Waals surface area contributed by atoms with Gasteiger partial charge in [-0.1, -0.05) is 41.4 Å². The number of fused-ring (bicyclic) bond motifs is 3. The molecule has 3 heteroatoms. The van der Waals surface area contributed by atoms with E-state index >= 15 is 0 Å². The molecular weight excluding hydrogens is 316 g/mol. The van der Waals surface area contributed by atoms with E-state index in [-0.39, 0.29) is 0 Å². The Morgan fingerprint density at radius 1 is 1.08 bits per heavy atom. The summed E-state index contributed by atoms with van der Waals surface area (Å²) in [4.78, 5) is 2.40. The Morgan fingerprint density at radius 2 is 1.88 bits per heavy atom. The summed E-state index contributed by atoms with van der Waals surface area (Å²) in [5.41, 5.74) is 7.01. The SMILES string of the molecule is Cc1ccc(CCn2c3c(c4cc(Cl)ccc42)CN(C)CC3)cc1. The Balaban J connectivity index is 1.73. The molecule has 0 saturated heterocycles. The minimum atomic E-state index is 0.828. The average Bonchev–Trinajstić information content (AvgIpc) is 2.87. The number of likely N-dealkylation sites (N-methyl/N-ethyl adjacent to an activating group) is 1. The van der Waals surface area contributed by atoms with Gasteiger partial charge in [0.05, 0.1) is 0 Å². The minimum Gasteiger partial charge on any atom is -0.344 e. The van der Waals surface area contributed by atoms with Gasteiger partial charge in [-0.05, 0) is 49.7 Å². The lowest BCUT2D eigenvalue weighted by atomic mass is 10.0. The molecule has 0 amide bonds. The van der Waals surface area contributed by atoms with Crippen LogP contribution in [0.3, 0.4) is 0 Å². The zero-order valence-corrected chi connectivity index (χ0v) is 15.1. The first-order chi connectivity index (χ1) is 11.6. The molecule has 2 heterocycles. The van der Waals surface area contributed by atoms with Crippen LogP contribution < -0.4 is 0 Å². The zero-order chi connectivity index (χ0) is 16.7. The number of halogens is 1. The standard InChI is InChI=1S/C21H23ClN2/c1-15-3-5-16(6-4-15)9-12-24-20-8-7-17(22)13-18(20)19-14-23(2)11-10-21(19)24/h3-8,13H,9-12,14H2,1-2H3. The van der Waals surface area contributed by atoms with E-state index in [0.29, 0.717) is 0 Å².